The van der Waals surface area contributed by atoms with Gasteiger partial charge in [0.1, 0.15) is 11.5 Å². The third kappa shape index (κ3) is 5.63. The molecule has 5 heterocycles. The molecule has 2 aliphatic heterocycles. The number of hydrogen-bond donors (Lipinski definition) is 0. The Hall–Kier alpha value is -6.11. The van der Waals surface area contributed by atoms with Crippen LogP contribution in [0.2, 0.25) is 0 Å². The van der Waals surface area contributed by atoms with Crippen molar-refractivity contribution in [2.45, 2.75) is 116 Å². The summed E-state index contributed by atoms with van der Waals surface area (Å²) in [6, 6.07) is 51.0. The lowest BCUT2D eigenvalue weighted by Gasteiger charge is -2.43. The van der Waals surface area contributed by atoms with Crippen LogP contribution in [0.5, 0.6) is 0 Å². The summed E-state index contributed by atoms with van der Waals surface area (Å²) in [7, 11) is 0. The molecule has 67 heavy (non-hydrogen) atoms. The quantitative estimate of drug-likeness (QED) is 0.165. The van der Waals surface area contributed by atoms with Gasteiger partial charge in [0.15, 0.2) is 0 Å². The SMILES string of the molecule is CC(C)(C)c1ccc2sc3c(c2c1)N(c1ccccc1)c1c2c(nc4c1c1ccccc1n4-c1ccccc1)N(c1ccc4c(c1)C(C)(C)CC4(C)C)c1cc4c(cc1B32)C(C)(C)CC4(C)C. The van der Waals surface area contributed by atoms with Crippen LogP contribution < -0.4 is 25.5 Å². The van der Waals surface area contributed by atoms with E-state index < -0.39 is 0 Å². The van der Waals surface area contributed by atoms with Gasteiger partial charge in [0.05, 0.1) is 22.3 Å². The zero-order chi connectivity index (χ0) is 46.3. The minimum atomic E-state index is -0.0490. The van der Waals surface area contributed by atoms with Gasteiger partial charge >= 0.3 is 0 Å². The lowest BCUT2D eigenvalue weighted by molar-refractivity contribution is 0.403. The second-order valence-corrected chi connectivity index (χ2v) is 25.0. The van der Waals surface area contributed by atoms with Gasteiger partial charge in [-0.15, -0.1) is 11.3 Å². The molecule has 0 fully saturated rings. The minimum absolute atomic E-state index is 0.00877. The van der Waals surface area contributed by atoms with Crippen LogP contribution in [0.1, 0.15) is 117 Å². The molecule has 13 rings (SSSR count). The highest BCUT2D eigenvalue weighted by molar-refractivity contribution is 7.33. The number of hydrogen-bond acceptors (Lipinski definition) is 4. The van der Waals surface area contributed by atoms with E-state index in [2.05, 4.69) is 224 Å². The summed E-state index contributed by atoms with van der Waals surface area (Å²) >= 11 is 1.98. The van der Waals surface area contributed by atoms with E-state index in [9.17, 15) is 0 Å². The van der Waals surface area contributed by atoms with E-state index in [1.807, 2.05) is 11.3 Å². The minimum Gasteiger partial charge on any atom is -0.309 e. The second-order valence-electron chi connectivity index (χ2n) is 23.9. The fourth-order valence-corrected chi connectivity index (χ4v) is 15.1. The van der Waals surface area contributed by atoms with Crippen LogP contribution in [-0.2, 0) is 27.1 Å². The number of anilines is 6. The van der Waals surface area contributed by atoms with Gasteiger partial charge in [-0.05, 0) is 139 Å². The molecule has 0 unspecified atom stereocenters. The van der Waals surface area contributed by atoms with Gasteiger partial charge in [0.2, 0.25) is 0 Å². The Kier molecular flexibility index (Phi) is 8.17. The highest BCUT2D eigenvalue weighted by Crippen LogP contribution is 2.56. The van der Waals surface area contributed by atoms with Crippen molar-refractivity contribution in [2.75, 3.05) is 9.80 Å². The zero-order valence-corrected chi connectivity index (χ0v) is 41.7. The topological polar surface area (TPSA) is 24.3 Å². The molecule has 6 aromatic carbocycles. The van der Waals surface area contributed by atoms with Gasteiger partial charge in [-0.25, -0.2) is 4.98 Å². The smallest absolute Gasteiger partial charge is 0.266 e. The van der Waals surface area contributed by atoms with Crippen LogP contribution >= 0.6 is 11.3 Å². The molecule has 4 nitrogen and oxygen atoms in total. The van der Waals surface area contributed by atoms with Crippen molar-refractivity contribution in [3.63, 3.8) is 0 Å². The van der Waals surface area contributed by atoms with Crippen molar-refractivity contribution in [3.05, 3.63) is 161 Å². The Labute approximate surface area is 400 Å². The molecule has 0 radical (unpaired) electrons. The van der Waals surface area contributed by atoms with Gasteiger partial charge in [-0.3, -0.25) is 9.47 Å². The summed E-state index contributed by atoms with van der Waals surface area (Å²) in [4.78, 5) is 11.4. The van der Waals surface area contributed by atoms with Crippen LogP contribution in [0.3, 0.4) is 0 Å². The van der Waals surface area contributed by atoms with Gasteiger partial charge in [0.25, 0.3) is 6.71 Å². The van der Waals surface area contributed by atoms with Crippen LogP contribution in [0, 0.1) is 0 Å². The summed E-state index contributed by atoms with van der Waals surface area (Å²) in [5.41, 5.74) is 19.3. The van der Waals surface area contributed by atoms with E-state index in [1.54, 1.807) is 0 Å². The number of para-hydroxylation sites is 3. The van der Waals surface area contributed by atoms with Gasteiger partial charge in [-0.2, -0.15) is 0 Å². The van der Waals surface area contributed by atoms with Gasteiger partial charge in [-0.1, -0.05) is 149 Å². The van der Waals surface area contributed by atoms with Crippen molar-refractivity contribution in [1.82, 2.24) is 9.55 Å². The molecule has 0 bridgehead atoms. The highest BCUT2D eigenvalue weighted by Gasteiger charge is 2.51. The fourth-order valence-electron chi connectivity index (χ4n) is 13.8. The number of aromatic nitrogens is 2. The van der Waals surface area contributed by atoms with E-state index in [1.165, 1.54) is 87.1 Å². The van der Waals surface area contributed by atoms with Crippen molar-refractivity contribution in [1.29, 1.82) is 0 Å². The van der Waals surface area contributed by atoms with Crippen molar-refractivity contribution >= 4 is 100 Å². The molecule has 3 aromatic heterocycles. The van der Waals surface area contributed by atoms with Crippen molar-refractivity contribution in [2.24, 2.45) is 0 Å². The molecule has 2 aliphatic carbocycles. The molecule has 0 amide bonds. The number of fused-ring (bicyclic) bond motifs is 12. The summed E-state index contributed by atoms with van der Waals surface area (Å²) < 4.78 is 5.13. The molecule has 4 aliphatic rings. The average Bonchev–Trinajstić information content (AvgIpc) is 3.94. The first-order chi connectivity index (χ1) is 31.8. The first-order valence-electron chi connectivity index (χ1n) is 24.4. The maximum Gasteiger partial charge on any atom is 0.266 e. The van der Waals surface area contributed by atoms with E-state index in [4.69, 9.17) is 4.98 Å². The van der Waals surface area contributed by atoms with E-state index in [0.29, 0.717) is 0 Å². The van der Waals surface area contributed by atoms with E-state index >= 15 is 0 Å². The van der Waals surface area contributed by atoms with Crippen LogP contribution in [0.15, 0.2) is 133 Å². The predicted octanol–water partition coefficient (Wildman–Crippen LogP) is 14.7. The molecule has 0 saturated heterocycles. The highest BCUT2D eigenvalue weighted by atomic mass is 32.1. The third-order valence-corrected chi connectivity index (χ3v) is 17.5. The van der Waals surface area contributed by atoms with Crippen LogP contribution in [0.4, 0.5) is 34.3 Å². The molecular formula is C61H59BN4S. The molecule has 0 atom stereocenters. The third-order valence-electron chi connectivity index (χ3n) is 16.3. The summed E-state index contributed by atoms with van der Waals surface area (Å²) in [5, 5.41) is 3.71. The summed E-state index contributed by atoms with van der Waals surface area (Å²) in [5.74, 6) is 1.02. The number of pyridine rings is 1. The van der Waals surface area contributed by atoms with Gasteiger partial charge in [0, 0.05) is 43.0 Å². The number of nitrogens with zero attached hydrogens (tertiary/aromatic N) is 4. The first kappa shape index (κ1) is 41.1. The Morgan fingerprint density at radius 1 is 0.552 bits per heavy atom. The maximum absolute atomic E-state index is 6.16. The Morgan fingerprint density at radius 2 is 1.16 bits per heavy atom. The summed E-state index contributed by atoms with van der Waals surface area (Å²) in [6.45, 7) is 26.6. The Bertz CT molecular complexity index is 3580. The van der Waals surface area contributed by atoms with Crippen molar-refractivity contribution in [3.8, 4) is 5.69 Å². The van der Waals surface area contributed by atoms with E-state index in [-0.39, 0.29) is 33.8 Å². The fraction of sp³-hybridized carbons (Fsp3) is 0.295. The zero-order valence-electron chi connectivity index (χ0n) is 40.9. The molecule has 9 aromatic rings. The largest absolute Gasteiger partial charge is 0.309 e. The lowest BCUT2D eigenvalue weighted by Crippen LogP contribution is -2.61. The maximum atomic E-state index is 6.16. The molecule has 0 N–H and O–H groups in total. The molecule has 0 spiro atoms. The monoisotopic (exact) mass is 890 g/mol. The number of thiophene rings is 1. The normalized spacial score (nSPS) is 18.0. The second kappa shape index (κ2) is 13.3. The molecule has 6 heteroatoms. The lowest BCUT2D eigenvalue weighted by atomic mass is 9.36. The van der Waals surface area contributed by atoms with Crippen molar-refractivity contribution < 1.29 is 0 Å². The first-order valence-corrected chi connectivity index (χ1v) is 25.2. The predicted molar refractivity (Wildman–Crippen MR) is 288 cm³/mol. The summed E-state index contributed by atoms with van der Waals surface area (Å²) in [6.07, 6.45) is 2.22. The van der Waals surface area contributed by atoms with Crippen LogP contribution in [0.25, 0.3) is 37.7 Å². The number of rotatable bonds is 3. The molecule has 332 valence electrons. The van der Waals surface area contributed by atoms with E-state index in [0.717, 1.165) is 41.2 Å². The molecule has 0 saturated carbocycles. The van der Waals surface area contributed by atoms with Crippen LogP contribution in [-0.4, -0.2) is 16.3 Å². The Morgan fingerprint density at radius 3 is 1.85 bits per heavy atom. The number of benzene rings is 6. The Balaban J connectivity index is 1.25. The standard InChI is InChI=1S/C61H59BN4S/c1-57(2,3)36-26-29-49-41(30-36)52-54(67-49)62-46-32-44-45(61(10,11)35-60(44,8)9)33-48(46)65(39-27-28-42-43(31-39)59(6,7)34-58(42,4)5)56-51(62)53(66(52)38-22-16-13-17-23-38)50-40-24-18-19-25-47(40)64(55(50)63-56)37-20-14-12-15-21-37/h12-33H,34-35H2,1-11H3. The average molecular weight is 891 g/mol. The van der Waals surface area contributed by atoms with Gasteiger partial charge < -0.3 is 4.90 Å². The molecular weight excluding hydrogens is 832 g/mol.